The van der Waals surface area contributed by atoms with Gasteiger partial charge in [0.1, 0.15) is 28.3 Å². The lowest BCUT2D eigenvalue weighted by Gasteiger charge is -2.17. The molecule has 4 rings (SSSR count). The van der Waals surface area contributed by atoms with E-state index in [0.29, 0.717) is 28.6 Å². The Morgan fingerprint density at radius 2 is 1.51 bits per heavy atom. The summed E-state index contributed by atoms with van der Waals surface area (Å²) in [6, 6.07) is 11.8. The molecular formula is C28H26FNO9. The van der Waals surface area contributed by atoms with E-state index in [4.69, 9.17) is 32.8 Å². The number of rotatable bonds is 10. The lowest BCUT2D eigenvalue weighted by atomic mass is 10.1. The molecule has 0 bridgehead atoms. The lowest BCUT2D eigenvalue weighted by molar-refractivity contribution is -0.118. The van der Waals surface area contributed by atoms with Crippen LogP contribution in [0.2, 0.25) is 0 Å². The first-order chi connectivity index (χ1) is 18.8. The lowest BCUT2D eigenvalue weighted by Crippen LogP contribution is -2.23. The summed E-state index contributed by atoms with van der Waals surface area (Å²) in [5, 5.41) is 2.48. The quantitative estimate of drug-likeness (QED) is 0.307. The zero-order valence-electron chi connectivity index (χ0n) is 21.9. The minimum Gasteiger partial charge on any atom is -0.496 e. The van der Waals surface area contributed by atoms with E-state index in [0.717, 1.165) is 0 Å². The monoisotopic (exact) mass is 539 g/mol. The first-order valence-corrected chi connectivity index (χ1v) is 11.6. The molecule has 0 unspecified atom stereocenters. The predicted molar refractivity (Wildman–Crippen MR) is 141 cm³/mol. The van der Waals surface area contributed by atoms with Crippen LogP contribution in [0, 0.1) is 5.82 Å². The third kappa shape index (κ3) is 5.37. The molecule has 1 amide bonds. The minimum absolute atomic E-state index is 0.0271. The summed E-state index contributed by atoms with van der Waals surface area (Å²) in [6.07, 6.45) is 0. The maximum atomic E-state index is 14.0. The van der Waals surface area contributed by atoms with Crippen LogP contribution >= 0.6 is 0 Å². The van der Waals surface area contributed by atoms with E-state index in [1.165, 1.54) is 65.9 Å². The third-order valence-corrected chi connectivity index (χ3v) is 5.77. The Morgan fingerprint density at radius 1 is 0.846 bits per heavy atom. The van der Waals surface area contributed by atoms with Crippen LogP contribution in [0.5, 0.6) is 34.5 Å². The van der Waals surface area contributed by atoms with Crippen molar-refractivity contribution in [3.05, 3.63) is 64.6 Å². The van der Waals surface area contributed by atoms with Gasteiger partial charge in [-0.2, -0.15) is 0 Å². The van der Waals surface area contributed by atoms with Crippen LogP contribution in [0.4, 0.5) is 10.1 Å². The Kier molecular flexibility index (Phi) is 8.09. The molecule has 0 aliphatic rings. The van der Waals surface area contributed by atoms with Crippen LogP contribution in [-0.2, 0) is 4.79 Å². The van der Waals surface area contributed by atoms with Crippen LogP contribution in [0.15, 0.2) is 57.7 Å². The van der Waals surface area contributed by atoms with Gasteiger partial charge in [0.15, 0.2) is 23.9 Å². The van der Waals surface area contributed by atoms with Crippen molar-refractivity contribution in [1.29, 1.82) is 0 Å². The number of para-hydroxylation sites is 1. The Morgan fingerprint density at radius 3 is 2.10 bits per heavy atom. The van der Waals surface area contributed by atoms with Crippen LogP contribution in [0.1, 0.15) is 0 Å². The number of fused-ring (bicyclic) bond motifs is 1. The van der Waals surface area contributed by atoms with Gasteiger partial charge in [-0.25, -0.2) is 4.39 Å². The van der Waals surface area contributed by atoms with Gasteiger partial charge in [0, 0.05) is 17.7 Å². The summed E-state index contributed by atoms with van der Waals surface area (Å²) in [7, 11) is 7.20. The number of hydrogen-bond acceptors (Lipinski definition) is 9. The summed E-state index contributed by atoms with van der Waals surface area (Å²) in [6.45, 7) is -0.625. The van der Waals surface area contributed by atoms with Gasteiger partial charge in [-0.1, -0.05) is 12.1 Å². The first kappa shape index (κ1) is 27.1. The van der Waals surface area contributed by atoms with Crippen molar-refractivity contribution in [2.24, 2.45) is 0 Å². The molecule has 4 aromatic rings. The molecule has 1 aromatic heterocycles. The second-order valence-electron chi connectivity index (χ2n) is 8.02. The van der Waals surface area contributed by atoms with E-state index in [9.17, 15) is 14.0 Å². The number of carbonyl (C=O) groups excluding carboxylic acids is 1. The van der Waals surface area contributed by atoms with E-state index in [1.807, 2.05) is 0 Å². The molecule has 0 saturated carbocycles. The largest absolute Gasteiger partial charge is 0.496 e. The van der Waals surface area contributed by atoms with Gasteiger partial charge in [0.05, 0.1) is 41.2 Å². The highest BCUT2D eigenvalue weighted by molar-refractivity contribution is 5.93. The summed E-state index contributed by atoms with van der Waals surface area (Å²) < 4.78 is 52.9. The second-order valence-corrected chi connectivity index (χ2v) is 8.02. The molecule has 0 atom stereocenters. The molecule has 0 saturated heterocycles. The number of nitrogens with one attached hydrogen (secondary N) is 1. The number of methoxy groups -OCH3 is 5. The minimum atomic E-state index is -0.697. The molecule has 10 nitrogen and oxygen atoms in total. The fourth-order valence-electron chi connectivity index (χ4n) is 3.94. The number of hydrogen-bond donors (Lipinski definition) is 1. The Labute approximate surface area is 222 Å². The fourth-order valence-corrected chi connectivity index (χ4v) is 3.94. The molecule has 39 heavy (non-hydrogen) atoms. The molecule has 3 aromatic carbocycles. The summed E-state index contributed by atoms with van der Waals surface area (Å²) in [5.74, 6) is -0.162. The number of amides is 1. The van der Waals surface area contributed by atoms with E-state index in [-0.39, 0.29) is 33.9 Å². The average Bonchev–Trinajstić information content (AvgIpc) is 2.96. The van der Waals surface area contributed by atoms with Gasteiger partial charge in [-0.3, -0.25) is 9.59 Å². The number of halogens is 1. The summed E-state index contributed by atoms with van der Waals surface area (Å²) in [5.41, 5.74) is -0.175. The van der Waals surface area contributed by atoms with Crippen LogP contribution in [0.25, 0.3) is 22.3 Å². The molecule has 0 spiro atoms. The molecule has 1 N–H and O–H groups in total. The highest BCUT2D eigenvalue weighted by Crippen LogP contribution is 2.44. The zero-order chi connectivity index (χ0) is 28.1. The topological polar surface area (TPSA) is 115 Å². The van der Waals surface area contributed by atoms with Gasteiger partial charge in [0.2, 0.25) is 16.9 Å². The third-order valence-electron chi connectivity index (χ3n) is 5.77. The van der Waals surface area contributed by atoms with Gasteiger partial charge < -0.3 is 38.2 Å². The molecule has 0 aliphatic heterocycles. The van der Waals surface area contributed by atoms with E-state index in [1.54, 1.807) is 18.2 Å². The van der Waals surface area contributed by atoms with Gasteiger partial charge in [-0.15, -0.1) is 0 Å². The van der Waals surface area contributed by atoms with Crippen LogP contribution < -0.4 is 39.2 Å². The van der Waals surface area contributed by atoms with Crippen LogP contribution in [-0.4, -0.2) is 48.1 Å². The summed E-state index contributed by atoms with van der Waals surface area (Å²) >= 11 is 0. The molecule has 1 heterocycles. The van der Waals surface area contributed by atoms with Gasteiger partial charge in [-0.05, 0) is 24.3 Å². The Hall–Kier alpha value is -4.93. The Bertz CT molecular complexity index is 1560. The van der Waals surface area contributed by atoms with Crippen molar-refractivity contribution in [3.63, 3.8) is 0 Å². The molecule has 11 heteroatoms. The standard InChI is InChI=1S/C28H26FNO9/c1-33-16-12-19(34-2)24-20(13-16)39-26(15-10-21(35-3)27(37-5)22(11-15)36-4)28(25(24)32)38-14-23(31)30-18-9-7-6-8-17(18)29/h6-13H,14H2,1-5H3,(H,30,31). The normalized spacial score (nSPS) is 10.6. The first-order valence-electron chi connectivity index (χ1n) is 11.6. The zero-order valence-corrected chi connectivity index (χ0v) is 21.9. The molecular weight excluding hydrogens is 513 g/mol. The van der Waals surface area contributed by atoms with E-state index >= 15 is 0 Å². The Balaban J connectivity index is 1.88. The average molecular weight is 540 g/mol. The number of anilines is 1. The van der Waals surface area contributed by atoms with E-state index in [2.05, 4.69) is 5.32 Å². The van der Waals surface area contributed by atoms with Crippen molar-refractivity contribution >= 4 is 22.6 Å². The SMILES string of the molecule is COc1cc(OC)c2c(=O)c(OCC(=O)Nc3ccccc3F)c(-c3cc(OC)c(OC)c(OC)c3)oc2c1. The van der Waals surface area contributed by atoms with Crippen molar-refractivity contribution < 1.29 is 42.0 Å². The van der Waals surface area contributed by atoms with Crippen molar-refractivity contribution in [3.8, 4) is 45.8 Å². The van der Waals surface area contributed by atoms with Gasteiger partial charge in [0.25, 0.3) is 5.91 Å². The maximum absolute atomic E-state index is 14.0. The molecule has 0 aliphatic carbocycles. The second kappa shape index (κ2) is 11.6. The smallest absolute Gasteiger partial charge is 0.262 e. The highest BCUT2D eigenvalue weighted by Gasteiger charge is 2.25. The number of carbonyl (C=O) groups is 1. The number of benzene rings is 3. The van der Waals surface area contributed by atoms with Gasteiger partial charge >= 0.3 is 0 Å². The van der Waals surface area contributed by atoms with Crippen molar-refractivity contribution in [2.45, 2.75) is 0 Å². The highest BCUT2D eigenvalue weighted by atomic mass is 19.1. The predicted octanol–water partition coefficient (Wildman–Crippen LogP) is 4.66. The molecule has 0 radical (unpaired) electrons. The number of ether oxygens (including phenoxy) is 6. The van der Waals surface area contributed by atoms with E-state index < -0.39 is 23.8 Å². The maximum Gasteiger partial charge on any atom is 0.262 e. The van der Waals surface area contributed by atoms with Crippen molar-refractivity contribution in [1.82, 2.24) is 0 Å². The molecule has 0 fully saturated rings. The van der Waals surface area contributed by atoms with Crippen molar-refractivity contribution in [2.75, 3.05) is 47.5 Å². The summed E-state index contributed by atoms with van der Waals surface area (Å²) in [4.78, 5) is 26.4. The fraction of sp³-hybridized carbons (Fsp3) is 0.214. The van der Waals surface area contributed by atoms with Crippen LogP contribution in [0.3, 0.4) is 0 Å². The molecule has 204 valence electrons.